The number of rotatable bonds is 5. The van der Waals surface area contributed by atoms with Crippen LogP contribution in [-0.2, 0) is 10.7 Å². The lowest BCUT2D eigenvalue weighted by atomic mass is 9.88. The van der Waals surface area contributed by atoms with Crippen molar-refractivity contribution in [2.45, 2.75) is 32.2 Å². The van der Waals surface area contributed by atoms with Crippen LogP contribution in [0.25, 0.3) is 0 Å². The van der Waals surface area contributed by atoms with Crippen LogP contribution in [0.2, 0.25) is 0 Å². The first-order valence-electron chi connectivity index (χ1n) is 6.20. The van der Waals surface area contributed by atoms with Crippen molar-refractivity contribution < 1.29 is 13.6 Å². The number of hydrogen-bond donors (Lipinski definition) is 2. The number of benzene rings is 1. The molecule has 1 amide bonds. The topological polar surface area (TPSA) is 55.1 Å². The van der Waals surface area contributed by atoms with Gasteiger partial charge in [0.1, 0.15) is 0 Å². The Hall–Kier alpha value is -1.20. The SMILES string of the molecule is CC(C)C(C)(CN)NC(=O)C(F)(F)c1ccccc1.Cl. The summed E-state index contributed by atoms with van der Waals surface area (Å²) in [5, 5.41) is 2.37. The van der Waals surface area contributed by atoms with Gasteiger partial charge in [0, 0.05) is 12.1 Å². The zero-order valence-corrected chi connectivity index (χ0v) is 12.6. The smallest absolute Gasteiger partial charge is 0.344 e. The van der Waals surface area contributed by atoms with Crippen LogP contribution < -0.4 is 11.1 Å². The average Bonchev–Trinajstić information content (AvgIpc) is 2.39. The molecule has 1 aromatic rings. The van der Waals surface area contributed by atoms with Crippen molar-refractivity contribution in [1.29, 1.82) is 0 Å². The van der Waals surface area contributed by atoms with Gasteiger partial charge in [0.05, 0.1) is 5.54 Å². The van der Waals surface area contributed by atoms with E-state index in [0.29, 0.717) is 0 Å². The predicted molar refractivity (Wildman–Crippen MR) is 78.0 cm³/mol. The highest BCUT2D eigenvalue weighted by Gasteiger charge is 2.44. The minimum Gasteiger partial charge on any atom is -0.344 e. The molecule has 0 spiro atoms. The van der Waals surface area contributed by atoms with Gasteiger partial charge < -0.3 is 11.1 Å². The molecule has 1 aromatic carbocycles. The molecule has 0 aromatic heterocycles. The third-order valence-corrected chi connectivity index (χ3v) is 3.52. The van der Waals surface area contributed by atoms with Crippen LogP contribution in [0.3, 0.4) is 0 Å². The Kier molecular flexibility index (Phi) is 6.58. The summed E-state index contributed by atoms with van der Waals surface area (Å²) in [6, 6.07) is 7.03. The van der Waals surface area contributed by atoms with Crippen molar-refractivity contribution in [2.24, 2.45) is 11.7 Å². The molecule has 6 heteroatoms. The summed E-state index contributed by atoms with van der Waals surface area (Å²) in [4.78, 5) is 11.8. The van der Waals surface area contributed by atoms with Gasteiger partial charge in [-0.15, -0.1) is 12.4 Å². The maximum atomic E-state index is 14.0. The van der Waals surface area contributed by atoms with Gasteiger partial charge in [0.15, 0.2) is 0 Å². The fourth-order valence-corrected chi connectivity index (χ4v) is 1.55. The van der Waals surface area contributed by atoms with Crippen molar-refractivity contribution in [3.05, 3.63) is 35.9 Å². The van der Waals surface area contributed by atoms with Crippen LogP contribution in [0.5, 0.6) is 0 Å². The van der Waals surface area contributed by atoms with Gasteiger partial charge in [0.25, 0.3) is 5.91 Å². The Morgan fingerprint density at radius 3 is 2.20 bits per heavy atom. The lowest BCUT2D eigenvalue weighted by molar-refractivity contribution is -0.149. The molecule has 0 aliphatic heterocycles. The summed E-state index contributed by atoms with van der Waals surface area (Å²) < 4.78 is 28.1. The summed E-state index contributed by atoms with van der Waals surface area (Å²) >= 11 is 0. The summed E-state index contributed by atoms with van der Waals surface area (Å²) in [7, 11) is 0. The highest BCUT2D eigenvalue weighted by atomic mass is 35.5. The normalized spacial score (nSPS) is 14.3. The van der Waals surface area contributed by atoms with E-state index in [1.165, 1.54) is 24.3 Å². The van der Waals surface area contributed by atoms with E-state index in [9.17, 15) is 13.6 Å². The first kappa shape index (κ1) is 18.8. The number of carbonyl (C=O) groups is 1. The molecule has 20 heavy (non-hydrogen) atoms. The molecule has 0 aliphatic carbocycles. The monoisotopic (exact) mass is 306 g/mol. The molecule has 0 saturated heterocycles. The highest BCUT2D eigenvalue weighted by Crippen LogP contribution is 2.29. The van der Waals surface area contributed by atoms with Crippen molar-refractivity contribution in [3.63, 3.8) is 0 Å². The second kappa shape index (κ2) is 6.99. The molecule has 1 unspecified atom stereocenters. The second-order valence-electron chi connectivity index (χ2n) is 5.17. The number of nitrogens with one attached hydrogen (secondary N) is 1. The predicted octanol–water partition coefficient (Wildman–Crippen LogP) is 2.69. The summed E-state index contributed by atoms with van der Waals surface area (Å²) in [6.07, 6.45) is 0. The second-order valence-corrected chi connectivity index (χ2v) is 5.17. The zero-order chi connectivity index (χ0) is 14.7. The summed E-state index contributed by atoms with van der Waals surface area (Å²) in [5.74, 6) is -4.93. The lowest BCUT2D eigenvalue weighted by Gasteiger charge is -2.34. The summed E-state index contributed by atoms with van der Waals surface area (Å²) in [6.45, 7) is 5.42. The fraction of sp³-hybridized carbons (Fsp3) is 0.500. The Labute approximate surface area is 124 Å². The maximum Gasteiger partial charge on any atom is 0.349 e. The molecule has 1 atom stereocenters. The quantitative estimate of drug-likeness (QED) is 0.879. The third-order valence-electron chi connectivity index (χ3n) is 3.52. The van der Waals surface area contributed by atoms with E-state index in [2.05, 4.69) is 5.32 Å². The van der Waals surface area contributed by atoms with Gasteiger partial charge in [0.2, 0.25) is 0 Å². The third kappa shape index (κ3) is 3.90. The molecule has 0 heterocycles. The Morgan fingerprint density at radius 1 is 1.30 bits per heavy atom. The van der Waals surface area contributed by atoms with Gasteiger partial charge in [-0.25, -0.2) is 0 Å². The fourth-order valence-electron chi connectivity index (χ4n) is 1.55. The van der Waals surface area contributed by atoms with Gasteiger partial charge in [-0.3, -0.25) is 4.79 Å². The average molecular weight is 307 g/mol. The van der Waals surface area contributed by atoms with E-state index in [4.69, 9.17) is 5.73 Å². The van der Waals surface area contributed by atoms with E-state index in [0.717, 1.165) is 0 Å². The van der Waals surface area contributed by atoms with E-state index >= 15 is 0 Å². The minimum atomic E-state index is -3.56. The van der Waals surface area contributed by atoms with Crippen molar-refractivity contribution >= 4 is 18.3 Å². The van der Waals surface area contributed by atoms with E-state index in [1.54, 1.807) is 13.0 Å². The molecule has 1 rings (SSSR count). The van der Waals surface area contributed by atoms with Crippen molar-refractivity contribution in [1.82, 2.24) is 5.32 Å². The van der Waals surface area contributed by atoms with Gasteiger partial charge in [-0.2, -0.15) is 8.78 Å². The van der Waals surface area contributed by atoms with E-state index in [-0.39, 0.29) is 30.4 Å². The maximum absolute atomic E-state index is 14.0. The Bertz CT molecular complexity index is 440. The first-order valence-corrected chi connectivity index (χ1v) is 6.20. The molecule has 3 nitrogen and oxygen atoms in total. The highest BCUT2D eigenvalue weighted by molar-refractivity contribution is 5.85. The Balaban J connectivity index is 0.00000361. The minimum absolute atomic E-state index is 0. The van der Waals surface area contributed by atoms with Crippen LogP contribution in [0, 0.1) is 5.92 Å². The Morgan fingerprint density at radius 2 is 1.80 bits per heavy atom. The molecule has 0 saturated carbocycles. The van der Waals surface area contributed by atoms with Crippen LogP contribution in [-0.4, -0.2) is 18.0 Å². The molecule has 0 bridgehead atoms. The van der Waals surface area contributed by atoms with E-state index in [1.807, 2.05) is 13.8 Å². The molecule has 0 aliphatic rings. The molecule has 0 fully saturated rings. The number of nitrogens with two attached hydrogens (primary N) is 1. The molecular weight excluding hydrogens is 286 g/mol. The largest absolute Gasteiger partial charge is 0.349 e. The van der Waals surface area contributed by atoms with Crippen LogP contribution in [0.15, 0.2) is 30.3 Å². The number of amides is 1. The standard InChI is InChI=1S/C14H20F2N2O.ClH/c1-10(2)13(3,9-17)18-12(19)14(15,16)11-7-5-4-6-8-11;/h4-8,10H,9,17H2,1-3H3,(H,18,19);1H. The number of carbonyl (C=O) groups excluding carboxylic acids is 1. The molecule has 3 N–H and O–H groups in total. The number of hydrogen-bond acceptors (Lipinski definition) is 2. The van der Waals surface area contributed by atoms with Crippen molar-refractivity contribution in [2.75, 3.05) is 6.54 Å². The zero-order valence-electron chi connectivity index (χ0n) is 11.8. The van der Waals surface area contributed by atoms with Crippen LogP contribution in [0.1, 0.15) is 26.3 Å². The van der Waals surface area contributed by atoms with Gasteiger partial charge in [-0.05, 0) is 12.8 Å². The van der Waals surface area contributed by atoms with Crippen LogP contribution in [0.4, 0.5) is 8.78 Å². The van der Waals surface area contributed by atoms with Gasteiger partial charge >= 0.3 is 5.92 Å². The number of halogens is 3. The molecular formula is C14H21ClF2N2O. The molecule has 0 radical (unpaired) electrons. The summed E-state index contributed by atoms with van der Waals surface area (Å²) in [5.41, 5.74) is 4.40. The van der Waals surface area contributed by atoms with Gasteiger partial charge in [-0.1, -0.05) is 44.2 Å². The number of alkyl halides is 2. The molecule has 114 valence electrons. The first-order chi connectivity index (χ1) is 8.74. The van der Waals surface area contributed by atoms with E-state index < -0.39 is 17.4 Å². The van der Waals surface area contributed by atoms with Crippen molar-refractivity contribution in [3.8, 4) is 0 Å². The van der Waals surface area contributed by atoms with Crippen LogP contribution >= 0.6 is 12.4 Å². The lowest BCUT2D eigenvalue weighted by Crippen LogP contribution is -2.58.